The van der Waals surface area contributed by atoms with E-state index in [2.05, 4.69) is 20.8 Å². The van der Waals surface area contributed by atoms with Crippen molar-refractivity contribution in [2.75, 3.05) is 6.61 Å². The van der Waals surface area contributed by atoms with E-state index in [9.17, 15) is 25.2 Å². The van der Waals surface area contributed by atoms with E-state index in [1.165, 1.54) is 0 Å². The molecule has 12 unspecified atom stereocenters. The van der Waals surface area contributed by atoms with Crippen molar-refractivity contribution in [1.82, 2.24) is 0 Å². The van der Waals surface area contributed by atoms with Crippen LogP contribution >= 0.6 is 0 Å². The van der Waals surface area contributed by atoms with E-state index >= 15 is 0 Å². The molecule has 0 saturated heterocycles. The summed E-state index contributed by atoms with van der Waals surface area (Å²) in [5.41, 5.74) is 1.18. The molecule has 0 amide bonds. The molecule has 1 aliphatic heterocycles. The van der Waals surface area contributed by atoms with E-state index in [0.717, 1.165) is 31.3 Å². The van der Waals surface area contributed by atoms with Gasteiger partial charge in [-0.3, -0.25) is 0 Å². The van der Waals surface area contributed by atoms with Crippen LogP contribution in [0.5, 0.6) is 0 Å². The zero-order valence-corrected chi connectivity index (χ0v) is 21.2. The van der Waals surface area contributed by atoms with Crippen molar-refractivity contribution in [2.24, 2.45) is 46.3 Å². The van der Waals surface area contributed by atoms with Gasteiger partial charge in [-0.2, -0.15) is 0 Å². The second-order valence-electron chi connectivity index (χ2n) is 12.9. The number of ether oxygens (including phenoxy) is 1. The third-order valence-corrected chi connectivity index (χ3v) is 11.7. The quantitative estimate of drug-likeness (QED) is 0.466. The number of esters is 1. The number of fused-ring (bicyclic) bond motifs is 5. The summed E-state index contributed by atoms with van der Waals surface area (Å²) in [6, 6.07) is 0. The van der Waals surface area contributed by atoms with Gasteiger partial charge >= 0.3 is 5.97 Å². The zero-order chi connectivity index (χ0) is 24.6. The lowest BCUT2D eigenvalue weighted by molar-refractivity contribution is -0.213. The van der Waals surface area contributed by atoms with Crippen molar-refractivity contribution in [1.29, 1.82) is 0 Å². The fourth-order valence-corrected chi connectivity index (χ4v) is 9.77. The highest BCUT2D eigenvalue weighted by Crippen LogP contribution is 2.68. The summed E-state index contributed by atoms with van der Waals surface area (Å²) in [7, 11) is 0. The largest absolute Gasteiger partial charge is 0.458 e. The lowest BCUT2D eigenvalue weighted by atomic mass is 9.43. The summed E-state index contributed by atoms with van der Waals surface area (Å²) in [5, 5.41) is 42.4. The zero-order valence-electron chi connectivity index (χ0n) is 21.2. The van der Waals surface area contributed by atoms with Gasteiger partial charge in [-0.25, -0.2) is 4.79 Å². The first-order chi connectivity index (χ1) is 16.0. The molecule has 4 aliphatic carbocycles. The maximum absolute atomic E-state index is 12.5. The predicted molar refractivity (Wildman–Crippen MR) is 127 cm³/mol. The number of aliphatic hydroxyl groups is 4. The number of aliphatic hydroxyl groups excluding tert-OH is 4. The van der Waals surface area contributed by atoms with Crippen LogP contribution in [-0.2, 0) is 9.53 Å². The van der Waals surface area contributed by atoms with Gasteiger partial charge < -0.3 is 25.2 Å². The van der Waals surface area contributed by atoms with Gasteiger partial charge in [-0.15, -0.1) is 0 Å². The topological polar surface area (TPSA) is 107 Å². The normalized spacial score (nSPS) is 51.9. The first kappa shape index (κ1) is 24.7. The van der Waals surface area contributed by atoms with Crippen molar-refractivity contribution >= 4 is 5.97 Å². The second-order valence-corrected chi connectivity index (χ2v) is 12.9. The van der Waals surface area contributed by atoms with Gasteiger partial charge in [0, 0.05) is 6.42 Å². The number of carbonyl (C=O) groups is 1. The van der Waals surface area contributed by atoms with Crippen LogP contribution in [0.1, 0.15) is 79.1 Å². The van der Waals surface area contributed by atoms with E-state index in [1.807, 2.05) is 6.92 Å². The highest BCUT2D eigenvalue weighted by atomic mass is 16.5. The fourth-order valence-electron chi connectivity index (χ4n) is 9.77. The van der Waals surface area contributed by atoms with E-state index < -0.39 is 12.2 Å². The highest BCUT2D eigenvalue weighted by Gasteiger charge is 2.65. The Labute approximate surface area is 203 Å². The summed E-state index contributed by atoms with van der Waals surface area (Å²) in [5.74, 6) is 1.27. The van der Waals surface area contributed by atoms with Crippen molar-refractivity contribution in [3.63, 3.8) is 0 Å². The second kappa shape index (κ2) is 8.57. The molecule has 0 bridgehead atoms. The summed E-state index contributed by atoms with van der Waals surface area (Å²) < 4.78 is 5.83. The molecule has 5 aliphatic rings. The Morgan fingerprint density at radius 2 is 1.79 bits per heavy atom. The third-order valence-electron chi connectivity index (χ3n) is 11.7. The molecule has 0 aromatic carbocycles. The first-order valence-electron chi connectivity index (χ1n) is 13.6. The summed E-state index contributed by atoms with van der Waals surface area (Å²) in [6.45, 7) is 8.51. The van der Waals surface area contributed by atoms with Crippen molar-refractivity contribution in [3.05, 3.63) is 11.1 Å². The van der Waals surface area contributed by atoms with Gasteiger partial charge in [-0.1, -0.05) is 26.3 Å². The minimum Gasteiger partial charge on any atom is -0.458 e. The molecule has 192 valence electrons. The van der Waals surface area contributed by atoms with Gasteiger partial charge in [0.2, 0.25) is 0 Å². The number of hydrogen-bond donors (Lipinski definition) is 4. The Morgan fingerprint density at radius 1 is 1.06 bits per heavy atom. The molecule has 0 aromatic heterocycles. The number of hydrogen-bond acceptors (Lipinski definition) is 6. The van der Waals surface area contributed by atoms with Gasteiger partial charge in [0.1, 0.15) is 6.10 Å². The molecular weight excluding hydrogens is 432 g/mol. The van der Waals surface area contributed by atoms with Crippen LogP contribution in [0, 0.1) is 46.3 Å². The van der Waals surface area contributed by atoms with Crippen LogP contribution in [0.25, 0.3) is 0 Å². The van der Waals surface area contributed by atoms with Gasteiger partial charge in [0.15, 0.2) is 0 Å². The van der Waals surface area contributed by atoms with Gasteiger partial charge in [0.05, 0.1) is 30.5 Å². The molecule has 6 nitrogen and oxygen atoms in total. The molecule has 0 aromatic rings. The van der Waals surface area contributed by atoms with Crippen molar-refractivity contribution < 1.29 is 30.0 Å². The molecule has 4 fully saturated rings. The van der Waals surface area contributed by atoms with Crippen LogP contribution < -0.4 is 0 Å². The molecule has 4 saturated carbocycles. The highest BCUT2D eigenvalue weighted by molar-refractivity contribution is 5.90. The van der Waals surface area contributed by atoms with Crippen LogP contribution in [0.4, 0.5) is 0 Å². The fraction of sp³-hybridized carbons (Fsp3) is 0.893. The molecule has 0 radical (unpaired) electrons. The molecule has 34 heavy (non-hydrogen) atoms. The van der Waals surface area contributed by atoms with Gasteiger partial charge in [0.25, 0.3) is 0 Å². The molecular formula is C28H44O6. The molecule has 0 spiro atoms. The minimum absolute atomic E-state index is 0.0746. The Kier molecular flexibility index (Phi) is 6.23. The Bertz CT molecular complexity index is 854. The lowest BCUT2D eigenvalue weighted by Gasteiger charge is -2.63. The van der Waals surface area contributed by atoms with E-state index in [0.29, 0.717) is 43.1 Å². The maximum Gasteiger partial charge on any atom is 0.336 e. The van der Waals surface area contributed by atoms with Gasteiger partial charge in [-0.05, 0) is 98.2 Å². The smallest absolute Gasteiger partial charge is 0.336 e. The van der Waals surface area contributed by atoms with Crippen LogP contribution in [0.3, 0.4) is 0 Å². The first-order valence-corrected chi connectivity index (χ1v) is 13.6. The van der Waals surface area contributed by atoms with E-state index in [1.54, 1.807) is 0 Å². The minimum atomic E-state index is -0.515. The molecule has 6 heteroatoms. The van der Waals surface area contributed by atoms with E-state index in [4.69, 9.17) is 4.74 Å². The van der Waals surface area contributed by atoms with Crippen LogP contribution in [0.2, 0.25) is 0 Å². The van der Waals surface area contributed by atoms with Crippen molar-refractivity contribution in [3.8, 4) is 0 Å². The Balaban J connectivity index is 1.39. The SMILES string of the molecule is CC1=C(CO)C(=O)OC(C(C)C2CCC3C4C(O)CC5CC(O)CC(O)C5(C)C4CCC23C)C1. The Hall–Kier alpha value is -0.950. The maximum atomic E-state index is 12.5. The average Bonchev–Trinajstić information content (AvgIpc) is 3.12. The number of cyclic esters (lactones) is 1. The standard InChI is InChI=1S/C28H44O6/c1-14-9-23(34-26(33)18(14)13-29)15(2)19-5-6-20-25-21(7-8-27(19,20)3)28(4)16(11-22(25)31)10-17(30)12-24(28)32/h15-17,19-25,29-32H,5-13H2,1-4H3. The van der Waals surface area contributed by atoms with Crippen molar-refractivity contribution in [2.45, 2.75) is 103 Å². The Morgan fingerprint density at radius 3 is 2.47 bits per heavy atom. The molecule has 4 N–H and O–H groups in total. The summed E-state index contributed by atoms with van der Waals surface area (Å²) >= 11 is 0. The van der Waals surface area contributed by atoms with E-state index in [-0.39, 0.29) is 59.3 Å². The van der Waals surface area contributed by atoms with Crippen LogP contribution in [-0.4, -0.2) is 57.4 Å². The summed E-state index contributed by atoms with van der Waals surface area (Å²) in [4.78, 5) is 12.5. The predicted octanol–water partition coefficient (Wildman–Crippen LogP) is 3.21. The van der Waals surface area contributed by atoms with Crippen LogP contribution in [0.15, 0.2) is 11.1 Å². The molecule has 5 rings (SSSR count). The number of carbonyl (C=O) groups excluding carboxylic acids is 1. The summed E-state index contributed by atoms with van der Waals surface area (Å²) in [6.07, 6.45) is 5.16. The monoisotopic (exact) mass is 476 g/mol. The molecule has 12 atom stereocenters. The lowest BCUT2D eigenvalue weighted by Crippen LogP contribution is -2.63. The average molecular weight is 477 g/mol. The molecule has 1 heterocycles. The third kappa shape index (κ3) is 3.46. The number of rotatable bonds is 3.